The van der Waals surface area contributed by atoms with E-state index in [1.165, 1.54) is 0 Å². The SMILES string of the molecule is CCNCc1ccc(C(=N)OC(=N)c2nc(-c3ccc(S(=O)(=O)C(C)C)cc3)cnc2C)cc1. The minimum Gasteiger partial charge on any atom is -0.419 e. The molecule has 0 fully saturated rings. The Hall–Kier alpha value is -3.43. The molecular weight excluding hydrogens is 450 g/mol. The van der Waals surface area contributed by atoms with E-state index in [0.29, 0.717) is 22.5 Å². The Morgan fingerprint density at radius 1 is 1.03 bits per heavy atom. The first kappa shape index (κ1) is 25.2. The van der Waals surface area contributed by atoms with Gasteiger partial charge in [-0.25, -0.2) is 13.4 Å². The summed E-state index contributed by atoms with van der Waals surface area (Å²) >= 11 is 0. The standard InChI is InChI=1S/C25H29N5O3S/c1-5-28-14-18-6-8-20(9-7-18)24(26)33-25(27)23-17(4)29-15-22(30-23)19-10-12-21(13-11-19)34(31,32)16(2)3/h6-13,15-16,26-28H,5,14H2,1-4H3. The monoisotopic (exact) mass is 479 g/mol. The molecule has 0 aliphatic heterocycles. The molecule has 34 heavy (non-hydrogen) atoms. The van der Waals surface area contributed by atoms with Gasteiger partial charge < -0.3 is 10.1 Å². The zero-order chi connectivity index (χ0) is 24.9. The van der Waals surface area contributed by atoms with Crippen LogP contribution in [0.4, 0.5) is 0 Å². The van der Waals surface area contributed by atoms with Crippen LogP contribution < -0.4 is 5.32 Å². The second-order valence-electron chi connectivity index (χ2n) is 8.04. The maximum atomic E-state index is 12.4. The molecule has 9 heteroatoms. The van der Waals surface area contributed by atoms with Gasteiger partial charge in [-0.1, -0.05) is 31.2 Å². The van der Waals surface area contributed by atoms with Crippen molar-refractivity contribution in [2.24, 2.45) is 0 Å². The van der Waals surface area contributed by atoms with Crippen LogP contribution in [0.5, 0.6) is 0 Å². The van der Waals surface area contributed by atoms with Gasteiger partial charge in [-0.05, 0) is 57.1 Å². The molecule has 3 N–H and O–H groups in total. The van der Waals surface area contributed by atoms with E-state index in [1.807, 2.05) is 19.1 Å². The fourth-order valence-corrected chi connectivity index (χ4v) is 4.20. The Kier molecular flexibility index (Phi) is 7.90. The van der Waals surface area contributed by atoms with Crippen LogP contribution in [0.25, 0.3) is 11.3 Å². The van der Waals surface area contributed by atoms with Gasteiger partial charge in [-0.2, -0.15) is 0 Å². The molecule has 1 heterocycles. The molecule has 0 aliphatic carbocycles. The summed E-state index contributed by atoms with van der Waals surface area (Å²) in [5.74, 6) is -0.442. The number of nitrogens with one attached hydrogen (secondary N) is 3. The molecule has 3 rings (SSSR count). The van der Waals surface area contributed by atoms with E-state index >= 15 is 0 Å². The number of benzene rings is 2. The van der Waals surface area contributed by atoms with Crippen molar-refractivity contribution in [3.05, 3.63) is 77.2 Å². The second-order valence-corrected chi connectivity index (χ2v) is 10.5. The van der Waals surface area contributed by atoms with Gasteiger partial charge in [0.15, 0.2) is 9.84 Å². The van der Waals surface area contributed by atoms with Gasteiger partial charge in [0.2, 0.25) is 11.8 Å². The summed E-state index contributed by atoms with van der Waals surface area (Å²) in [5.41, 5.74) is 3.48. The third-order valence-corrected chi connectivity index (χ3v) is 7.44. The molecule has 0 unspecified atom stereocenters. The Bertz CT molecular complexity index is 1290. The highest BCUT2D eigenvalue weighted by Gasteiger charge is 2.20. The van der Waals surface area contributed by atoms with Gasteiger partial charge in [-0.3, -0.25) is 15.8 Å². The molecule has 8 nitrogen and oxygen atoms in total. The maximum absolute atomic E-state index is 12.4. The van der Waals surface area contributed by atoms with Gasteiger partial charge >= 0.3 is 0 Å². The summed E-state index contributed by atoms with van der Waals surface area (Å²) in [4.78, 5) is 9.06. The van der Waals surface area contributed by atoms with Crippen molar-refractivity contribution in [3.63, 3.8) is 0 Å². The highest BCUT2D eigenvalue weighted by Crippen LogP contribution is 2.22. The van der Waals surface area contributed by atoms with Crippen molar-refractivity contribution in [3.8, 4) is 11.3 Å². The number of hydrogen-bond acceptors (Lipinski definition) is 8. The summed E-state index contributed by atoms with van der Waals surface area (Å²) in [6.45, 7) is 8.65. The van der Waals surface area contributed by atoms with Crippen LogP contribution in [0.15, 0.2) is 59.6 Å². The molecular formula is C25H29N5O3S. The summed E-state index contributed by atoms with van der Waals surface area (Å²) < 4.78 is 30.2. The molecule has 178 valence electrons. The van der Waals surface area contributed by atoms with Crippen LogP contribution in [-0.4, -0.2) is 42.0 Å². The van der Waals surface area contributed by atoms with Crippen molar-refractivity contribution in [2.45, 2.75) is 44.4 Å². The molecule has 1 aromatic heterocycles. The third-order valence-electron chi connectivity index (χ3n) is 5.27. The topological polar surface area (TPSA) is 129 Å². The smallest absolute Gasteiger partial charge is 0.241 e. The van der Waals surface area contributed by atoms with E-state index in [9.17, 15) is 8.42 Å². The fourth-order valence-electron chi connectivity index (χ4n) is 3.14. The Labute approximate surface area is 200 Å². The van der Waals surface area contributed by atoms with Crippen molar-refractivity contribution < 1.29 is 13.2 Å². The molecule has 0 amide bonds. The van der Waals surface area contributed by atoms with Gasteiger partial charge in [0, 0.05) is 17.7 Å². The largest absolute Gasteiger partial charge is 0.419 e. The molecule has 0 saturated carbocycles. The van der Waals surface area contributed by atoms with E-state index in [-0.39, 0.29) is 22.4 Å². The molecule has 0 aliphatic rings. The van der Waals surface area contributed by atoms with Crippen molar-refractivity contribution in [2.75, 3.05) is 6.54 Å². The molecule has 0 bridgehead atoms. The van der Waals surface area contributed by atoms with Crippen LogP contribution in [0.1, 0.15) is 43.3 Å². The van der Waals surface area contributed by atoms with E-state index in [1.54, 1.807) is 63.4 Å². The first-order valence-corrected chi connectivity index (χ1v) is 12.5. The third kappa shape index (κ3) is 5.73. The molecule has 0 saturated heterocycles. The number of hydrogen-bond donors (Lipinski definition) is 3. The molecule has 3 aromatic rings. The predicted molar refractivity (Wildman–Crippen MR) is 133 cm³/mol. The molecule has 0 radical (unpaired) electrons. The van der Waals surface area contributed by atoms with Crippen LogP contribution in [0.2, 0.25) is 0 Å². The minimum absolute atomic E-state index is 0.158. The lowest BCUT2D eigenvalue weighted by atomic mass is 10.1. The number of sulfone groups is 1. The number of aryl methyl sites for hydroxylation is 1. The Balaban J connectivity index is 1.78. The van der Waals surface area contributed by atoms with Gasteiger partial charge in [0.05, 0.1) is 27.7 Å². The summed E-state index contributed by atoms with van der Waals surface area (Å²) in [6, 6.07) is 13.8. The van der Waals surface area contributed by atoms with E-state index in [0.717, 1.165) is 18.7 Å². The first-order chi connectivity index (χ1) is 16.1. The lowest BCUT2D eigenvalue weighted by Gasteiger charge is -2.12. The van der Waals surface area contributed by atoms with Gasteiger partial charge in [0.1, 0.15) is 5.69 Å². The predicted octanol–water partition coefficient (Wildman–Crippen LogP) is 4.11. The van der Waals surface area contributed by atoms with Crippen LogP contribution in [0.3, 0.4) is 0 Å². The first-order valence-electron chi connectivity index (χ1n) is 11.0. The molecule has 2 aromatic carbocycles. The quantitative estimate of drug-likeness (QED) is 0.329. The molecule has 0 atom stereocenters. The van der Waals surface area contributed by atoms with E-state index in [2.05, 4.69) is 15.3 Å². The molecule has 0 spiro atoms. The summed E-state index contributed by atoms with van der Waals surface area (Å²) in [7, 11) is -3.37. The Morgan fingerprint density at radius 2 is 1.68 bits per heavy atom. The summed E-state index contributed by atoms with van der Waals surface area (Å²) in [6.07, 6.45) is 1.56. The van der Waals surface area contributed by atoms with Crippen LogP contribution in [-0.2, 0) is 21.1 Å². The maximum Gasteiger partial charge on any atom is 0.241 e. The van der Waals surface area contributed by atoms with Gasteiger partial charge in [0.25, 0.3) is 0 Å². The lowest BCUT2D eigenvalue weighted by Crippen LogP contribution is -2.17. The zero-order valence-electron chi connectivity index (χ0n) is 19.7. The normalized spacial score (nSPS) is 11.4. The van der Waals surface area contributed by atoms with Crippen molar-refractivity contribution in [1.29, 1.82) is 10.8 Å². The van der Waals surface area contributed by atoms with E-state index in [4.69, 9.17) is 15.6 Å². The fraction of sp³-hybridized carbons (Fsp3) is 0.280. The Morgan fingerprint density at radius 3 is 2.26 bits per heavy atom. The highest BCUT2D eigenvalue weighted by atomic mass is 32.2. The average Bonchev–Trinajstić information content (AvgIpc) is 2.83. The lowest BCUT2D eigenvalue weighted by molar-refractivity contribution is 0.534. The number of nitrogens with zero attached hydrogens (tertiary/aromatic N) is 2. The van der Waals surface area contributed by atoms with Crippen LogP contribution in [0, 0.1) is 17.7 Å². The van der Waals surface area contributed by atoms with E-state index < -0.39 is 15.1 Å². The number of rotatable bonds is 8. The number of ether oxygens (including phenoxy) is 1. The number of aromatic nitrogens is 2. The zero-order valence-corrected chi connectivity index (χ0v) is 20.5. The minimum atomic E-state index is -3.37. The van der Waals surface area contributed by atoms with Crippen LogP contribution >= 0.6 is 0 Å². The average molecular weight is 480 g/mol. The van der Waals surface area contributed by atoms with Crippen molar-refractivity contribution in [1.82, 2.24) is 15.3 Å². The summed E-state index contributed by atoms with van der Waals surface area (Å²) in [5, 5.41) is 19.3. The van der Waals surface area contributed by atoms with Crippen molar-refractivity contribution >= 4 is 21.6 Å². The highest BCUT2D eigenvalue weighted by molar-refractivity contribution is 7.92. The van der Waals surface area contributed by atoms with Gasteiger partial charge in [-0.15, -0.1) is 0 Å². The second kappa shape index (κ2) is 10.7.